The summed E-state index contributed by atoms with van der Waals surface area (Å²) in [6, 6.07) is 7.56. The van der Waals surface area contributed by atoms with Crippen molar-refractivity contribution >= 4 is 12.6 Å². The maximum atomic E-state index is 5.01. The summed E-state index contributed by atoms with van der Waals surface area (Å²) in [6.07, 6.45) is 0. The van der Waals surface area contributed by atoms with Crippen molar-refractivity contribution in [3.63, 3.8) is 0 Å². The molecule has 0 spiro atoms. The lowest BCUT2D eigenvalue weighted by Crippen LogP contribution is -2.36. The molecule has 0 aliphatic heterocycles. The molecule has 0 saturated heterocycles. The van der Waals surface area contributed by atoms with Crippen LogP contribution >= 0.6 is 0 Å². The summed E-state index contributed by atoms with van der Waals surface area (Å²) in [5, 5.41) is 0. The van der Waals surface area contributed by atoms with E-state index in [9.17, 15) is 0 Å². The van der Waals surface area contributed by atoms with Crippen LogP contribution in [0.5, 0.6) is 0 Å². The van der Waals surface area contributed by atoms with Gasteiger partial charge in [0, 0.05) is 7.11 Å². The molecule has 5 nitrogen and oxygen atoms in total. The fraction of sp³-hybridized carbons (Fsp3) is 0.400. The summed E-state index contributed by atoms with van der Waals surface area (Å²) in [7, 11) is 3.77. The van der Waals surface area contributed by atoms with Gasteiger partial charge in [0.15, 0.2) is 0 Å². The van der Waals surface area contributed by atoms with Crippen molar-refractivity contribution < 1.29 is 24.1 Å². The standard InChI is InChI=1S/C10H15BO5/c1-12-8-9-4-6-10(7-5-9)11(15-13-2)16-14-3/h4-7H,8H2,1-3H3. The first-order valence-electron chi connectivity index (χ1n) is 4.78. The first-order valence-corrected chi connectivity index (χ1v) is 4.78. The Balaban J connectivity index is 2.68. The summed E-state index contributed by atoms with van der Waals surface area (Å²) < 4.78 is 5.01. The molecule has 0 aromatic heterocycles. The van der Waals surface area contributed by atoms with Crippen LogP contribution in [0.3, 0.4) is 0 Å². The zero-order chi connectivity index (χ0) is 11.8. The molecule has 0 radical (unpaired) electrons. The number of ether oxygens (including phenoxy) is 1. The van der Waals surface area contributed by atoms with Gasteiger partial charge in [-0.2, -0.15) is 0 Å². The third-order valence-electron chi connectivity index (χ3n) is 1.93. The van der Waals surface area contributed by atoms with Crippen LogP contribution in [0.4, 0.5) is 0 Å². The van der Waals surface area contributed by atoms with Gasteiger partial charge in [-0.15, -0.1) is 0 Å². The molecular formula is C10H15BO5. The van der Waals surface area contributed by atoms with Gasteiger partial charge >= 0.3 is 7.12 Å². The van der Waals surface area contributed by atoms with Crippen molar-refractivity contribution in [2.45, 2.75) is 6.61 Å². The fourth-order valence-corrected chi connectivity index (χ4v) is 1.24. The molecule has 0 fully saturated rings. The van der Waals surface area contributed by atoms with E-state index in [1.807, 2.05) is 24.3 Å². The smallest absolute Gasteiger partial charge is 0.380 e. The average molecular weight is 226 g/mol. The van der Waals surface area contributed by atoms with Crippen molar-refractivity contribution in [2.75, 3.05) is 21.3 Å². The molecule has 0 aliphatic carbocycles. The Labute approximate surface area is 95.2 Å². The number of benzene rings is 1. The minimum atomic E-state index is -0.702. The highest BCUT2D eigenvalue weighted by Gasteiger charge is 2.23. The predicted molar refractivity (Wildman–Crippen MR) is 58.7 cm³/mol. The van der Waals surface area contributed by atoms with Crippen LogP contribution in [-0.2, 0) is 30.7 Å². The first-order chi connectivity index (χ1) is 7.81. The highest BCUT2D eigenvalue weighted by molar-refractivity contribution is 6.60. The zero-order valence-corrected chi connectivity index (χ0v) is 9.64. The van der Waals surface area contributed by atoms with E-state index in [4.69, 9.17) is 14.3 Å². The van der Waals surface area contributed by atoms with Crippen molar-refractivity contribution in [1.82, 2.24) is 0 Å². The molecule has 0 aliphatic rings. The van der Waals surface area contributed by atoms with Gasteiger partial charge in [-0.05, 0) is 11.0 Å². The molecule has 0 atom stereocenters. The second-order valence-electron chi connectivity index (χ2n) is 3.03. The monoisotopic (exact) mass is 226 g/mol. The van der Waals surface area contributed by atoms with Crippen LogP contribution in [0.25, 0.3) is 0 Å². The van der Waals surface area contributed by atoms with Crippen molar-refractivity contribution in [1.29, 1.82) is 0 Å². The molecule has 16 heavy (non-hydrogen) atoms. The van der Waals surface area contributed by atoms with Gasteiger partial charge in [-0.1, -0.05) is 24.3 Å². The van der Waals surface area contributed by atoms with Gasteiger partial charge < -0.3 is 4.74 Å². The van der Waals surface area contributed by atoms with E-state index in [-0.39, 0.29) is 0 Å². The highest BCUT2D eigenvalue weighted by Crippen LogP contribution is 2.01. The van der Waals surface area contributed by atoms with Gasteiger partial charge in [0.05, 0.1) is 20.8 Å². The third kappa shape index (κ3) is 3.92. The molecule has 0 saturated carbocycles. The van der Waals surface area contributed by atoms with Gasteiger partial charge in [-0.25, -0.2) is 0 Å². The average Bonchev–Trinajstić information content (AvgIpc) is 2.30. The molecule has 0 amide bonds. The van der Waals surface area contributed by atoms with E-state index in [0.717, 1.165) is 11.0 Å². The Kier molecular flexibility index (Phi) is 6.06. The molecule has 0 unspecified atom stereocenters. The van der Waals surface area contributed by atoms with Gasteiger partial charge in [-0.3, -0.25) is 19.4 Å². The minimum Gasteiger partial charge on any atom is -0.380 e. The SMILES string of the molecule is COCc1ccc(B(OOC)OOC)cc1. The highest BCUT2D eigenvalue weighted by atomic mass is 17.3. The van der Waals surface area contributed by atoms with Crippen LogP contribution in [0, 0.1) is 0 Å². The van der Waals surface area contributed by atoms with Crippen LogP contribution in [0.1, 0.15) is 5.56 Å². The molecule has 1 rings (SSSR count). The largest absolute Gasteiger partial charge is 0.554 e. The maximum absolute atomic E-state index is 5.01. The molecule has 0 heterocycles. The zero-order valence-electron chi connectivity index (χ0n) is 9.64. The van der Waals surface area contributed by atoms with Crippen molar-refractivity contribution in [3.05, 3.63) is 29.8 Å². The van der Waals surface area contributed by atoms with Crippen LogP contribution < -0.4 is 5.46 Å². The van der Waals surface area contributed by atoms with E-state index in [1.165, 1.54) is 14.2 Å². The molecular weight excluding hydrogens is 211 g/mol. The van der Waals surface area contributed by atoms with Gasteiger partial charge in [0.2, 0.25) is 0 Å². The summed E-state index contributed by atoms with van der Waals surface area (Å²) in [5.41, 5.74) is 1.86. The molecule has 6 heteroatoms. The molecule has 88 valence electrons. The second-order valence-corrected chi connectivity index (χ2v) is 3.03. The lowest BCUT2D eigenvalue weighted by atomic mass is 9.80. The Morgan fingerprint density at radius 2 is 1.50 bits per heavy atom. The van der Waals surface area contributed by atoms with E-state index < -0.39 is 7.12 Å². The second kappa shape index (κ2) is 7.37. The number of methoxy groups -OCH3 is 1. The topological polar surface area (TPSA) is 46.2 Å². The Morgan fingerprint density at radius 1 is 0.938 bits per heavy atom. The van der Waals surface area contributed by atoms with E-state index in [1.54, 1.807) is 7.11 Å². The lowest BCUT2D eigenvalue weighted by molar-refractivity contribution is -0.254. The maximum Gasteiger partial charge on any atom is 0.554 e. The Bertz CT molecular complexity index is 284. The third-order valence-corrected chi connectivity index (χ3v) is 1.93. The summed E-state index contributed by atoms with van der Waals surface area (Å²) in [5.74, 6) is 0. The Hall–Kier alpha value is -0.915. The summed E-state index contributed by atoms with van der Waals surface area (Å²) in [4.78, 5) is 18.9. The first kappa shape index (κ1) is 13.2. The number of hydrogen-bond donors (Lipinski definition) is 0. The number of rotatable bonds is 7. The van der Waals surface area contributed by atoms with Crippen molar-refractivity contribution in [2.24, 2.45) is 0 Å². The predicted octanol–water partition coefficient (Wildman–Crippen LogP) is 0.684. The van der Waals surface area contributed by atoms with E-state index in [0.29, 0.717) is 6.61 Å². The van der Waals surface area contributed by atoms with Crippen LogP contribution in [0.2, 0.25) is 0 Å². The minimum absolute atomic E-state index is 0.571. The molecule has 0 N–H and O–H groups in total. The molecule has 1 aromatic carbocycles. The van der Waals surface area contributed by atoms with E-state index in [2.05, 4.69) is 9.78 Å². The van der Waals surface area contributed by atoms with Crippen LogP contribution in [-0.4, -0.2) is 28.4 Å². The van der Waals surface area contributed by atoms with E-state index >= 15 is 0 Å². The van der Waals surface area contributed by atoms with Crippen LogP contribution in [0.15, 0.2) is 24.3 Å². The van der Waals surface area contributed by atoms with Gasteiger partial charge in [0.25, 0.3) is 0 Å². The quantitative estimate of drug-likeness (QED) is 0.388. The summed E-state index contributed by atoms with van der Waals surface area (Å²) in [6.45, 7) is 0.571. The molecule has 0 bridgehead atoms. The number of hydrogen-bond acceptors (Lipinski definition) is 5. The van der Waals surface area contributed by atoms with Crippen molar-refractivity contribution in [3.8, 4) is 0 Å². The Morgan fingerprint density at radius 3 is 1.94 bits per heavy atom. The van der Waals surface area contributed by atoms with Gasteiger partial charge in [0.1, 0.15) is 0 Å². The fourth-order valence-electron chi connectivity index (χ4n) is 1.24. The molecule has 1 aromatic rings. The lowest BCUT2D eigenvalue weighted by Gasteiger charge is -2.10. The summed E-state index contributed by atoms with van der Waals surface area (Å²) >= 11 is 0. The normalized spacial score (nSPS) is 10.4.